The van der Waals surface area contributed by atoms with Crippen molar-refractivity contribution in [3.05, 3.63) is 58.4 Å². The summed E-state index contributed by atoms with van der Waals surface area (Å²) in [6.45, 7) is 2.92. The molecular formula is C18H23N3O2. The molecule has 2 aromatic rings. The predicted molar refractivity (Wildman–Crippen MR) is 91.7 cm³/mol. The summed E-state index contributed by atoms with van der Waals surface area (Å²) in [5.74, 6) is 0.0712. The molecule has 1 heterocycles. The molecule has 2 N–H and O–H groups in total. The smallest absolute Gasteiger partial charge is 0.145 e. The average Bonchev–Trinajstić information content (AvgIpc) is 2.52. The van der Waals surface area contributed by atoms with E-state index in [1.54, 1.807) is 19.3 Å². The number of pyridine rings is 1. The van der Waals surface area contributed by atoms with Crippen LogP contribution >= 0.6 is 0 Å². The largest absolute Gasteiger partial charge is 0.505 e. The second kappa shape index (κ2) is 7.85. The van der Waals surface area contributed by atoms with E-state index >= 15 is 0 Å². The number of aliphatic hydroxyl groups excluding tert-OH is 1. The van der Waals surface area contributed by atoms with Gasteiger partial charge in [0.2, 0.25) is 0 Å². The summed E-state index contributed by atoms with van der Waals surface area (Å²) < 4.78 is 0. The summed E-state index contributed by atoms with van der Waals surface area (Å²) in [6, 6.07) is 8.17. The quantitative estimate of drug-likeness (QED) is 0.803. The maximum Gasteiger partial charge on any atom is 0.145 e. The van der Waals surface area contributed by atoms with Crippen molar-refractivity contribution in [1.82, 2.24) is 9.88 Å². The molecule has 0 fully saturated rings. The Hall–Kier alpha value is -2.24. The monoisotopic (exact) mass is 313 g/mol. The molecule has 23 heavy (non-hydrogen) atoms. The molecule has 5 nitrogen and oxygen atoms in total. The Morgan fingerprint density at radius 1 is 1.17 bits per heavy atom. The van der Waals surface area contributed by atoms with Crippen LogP contribution < -0.4 is 0 Å². The number of nitrogens with zero attached hydrogens (tertiary/aromatic N) is 3. The Labute approximate surface area is 137 Å². The fourth-order valence-electron chi connectivity index (χ4n) is 2.36. The molecule has 0 saturated carbocycles. The molecular weight excluding hydrogens is 290 g/mol. The molecule has 0 unspecified atom stereocenters. The van der Waals surface area contributed by atoms with Crippen LogP contribution in [0.5, 0.6) is 5.75 Å². The lowest BCUT2D eigenvalue weighted by Gasteiger charge is -2.13. The van der Waals surface area contributed by atoms with E-state index in [0.717, 1.165) is 12.1 Å². The molecule has 0 aliphatic heterocycles. The van der Waals surface area contributed by atoms with Crippen molar-refractivity contribution in [2.75, 3.05) is 14.1 Å². The molecule has 122 valence electrons. The van der Waals surface area contributed by atoms with E-state index in [9.17, 15) is 10.2 Å². The number of aromatic hydroxyl groups is 1. The number of rotatable bonds is 6. The zero-order valence-electron chi connectivity index (χ0n) is 13.8. The second-order valence-electron chi connectivity index (χ2n) is 5.77. The third-order valence-electron chi connectivity index (χ3n) is 3.62. The van der Waals surface area contributed by atoms with Gasteiger partial charge in [-0.2, -0.15) is 0 Å². The summed E-state index contributed by atoms with van der Waals surface area (Å²) >= 11 is 0. The van der Waals surface area contributed by atoms with Gasteiger partial charge in [-0.25, -0.2) is 0 Å². The number of aryl methyl sites for hydroxylation is 1. The second-order valence-corrected chi connectivity index (χ2v) is 5.77. The summed E-state index contributed by atoms with van der Waals surface area (Å²) in [6.07, 6.45) is 3.18. The zero-order chi connectivity index (χ0) is 16.8. The molecule has 0 spiro atoms. The van der Waals surface area contributed by atoms with Crippen LogP contribution in [0.3, 0.4) is 0 Å². The lowest BCUT2D eigenvalue weighted by Crippen LogP contribution is -2.12. The van der Waals surface area contributed by atoms with Crippen LogP contribution in [-0.4, -0.2) is 40.4 Å². The molecule has 0 bridgehead atoms. The van der Waals surface area contributed by atoms with Gasteiger partial charge in [-0.1, -0.05) is 24.3 Å². The lowest BCUT2D eigenvalue weighted by atomic mass is 10.1. The Bertz CT molecular complexity index is 697. The SMILES string of the molecule is Cc1ncc(CO)c(C=NCc2ccccc2CN(C)C)c1O. The van der Waals surface area contributed by atoms with Gasteiger partial charge in [0.25, 0.3) is 0 Å². The fraction of sp³-hybridized carbons (Fsp3) is 0.333. The summed E-state index contributed by atoms with van der Waals surface area (Å²) in [5.41, 5.74) is 4.00. The van der Waals surface area contributed by atoms with Crippen molar-refractivity contribution in [1.29, 1.82) is 0 Å². The van der Waals surface area contributed by atoms with Crippen LogP contribution in [0, 0.1) is 6.92 Å². The van der Waals surface area contributed by atoms with Crippen molar-refractivity contribution in [3.63, 3.8) is 0 Å². The third kappa shape index (κ3) is 4.37. The van der Waals surface area contributed by atoms with Gasteiger partial charge in [0.15, 0.2) is 0 Å². The predicted octanol–water partition coefficient (Wildman–Crippen LogP) is 2.27. The van der Waals surface area contributed by atoms with Crippen molar-refractivity contribution < 1.29 is 10.2 Å². The topological polar surface area (TPSA) is 69.0 Å². The Morgan fingerprint density at radius 3 is 2.52 bits per heavy atom. The maximum absolute atomic E-state index is 10.1. The van der Waals surface area contributed by atoms with Gasteiger partial charge in [-0.15, -0.1) is 0 Å². The number of benzene rings is 1. The molecule has 0 atom stereocenters. The fourth-order valence-corrected chi connectivity index (χ4v) is 2.36. The highest BCUT2D eigenvalue weighted by Crippen LogP contribution is 2.22. The minimum absolute atomic E-state index is 0.0712. The average molecular weight is 313 g/mol. The molecule has 5 heteroatoms. The van der Waals surface area contributed by atoms with Crippen molar-refractivity contribution in [2.45, 2.75) is 26.6 Å². The summed E-state index contributed by atoms with van der Waals surface area (Å²) in [4.78, 5) is 10.6. The normalized spacial score (nSPS) is 11.5. The number of aliphatic hydroxyl groups is 1. The highest BCUT2D eigenvalue weighted by molar-refractivity contribution is 5.85. The minimum atomic E-state index is -0.181. The van der Waals surface area contributed by atoms with E-state index < -0.39 is 0 Å². The first-order chi connectivity index (χ1) is 11.0. The highest BCUT2D eigenvalue weighted by atomic mass is 16.3. The Morgan fingerprint density at radius 2 is 1.87 bits per heavy atom. The maximum atomic E-state index is 10.1. The highest BCUT2D eigenvalue weighted by Gasteiger charge is 2.09. The van der Waals surface area contributed by atoms with E-state index in [1.165, 1.54) is 5.56 Å². The van der Waals surface area contributed by atoms with Crippen LogP contribution in [0.25, 0.3) is 0 Å². The van der Waals surface area contributed by atoms with Crippen LogP contribution in [0.4, 0.5) is 0 Å². The lowest BCUT2D eigenvalue weighted by molar-refractivity contribution is 0.280. The molecule has 0 aliphatic rings. The van der Waals surface area contributed by atoms with Gasteiger partial charge in [-0.3, -0.25) is 9.98 Å². The van der Waals surface area contributed by atoms with E-state index in [1.807, 2.05) is 26.2 Å². The van der Waals surface area contributed by atoms with Crippen LogP contribution in [-0.2, 0) is 19.7 Å². The summed E-state index contributed by atoms with van der Waals surface area (Å²) in [5, 5.41) is 19.5. The standard InChI is InChI=1S/C18H23N3O2/c1-13-18(23)17(16(12-22)9-20-13)10-19-8-14-6-4-5-7-15(14)11-21(2)3/h4-7,9-10,22-23H,8,11-12H2,1-3H3. The Balaban J connectivity index is 2.22. The molecule has 1 aromatic heterocycles. The third-order valence-corrected chi connectivity index (χ3v) is 3.62. The van der Waals surface area contributed by atoms with E-state index in [0.29, 0.717) is 23.4 Å². The molecule has 0 amide bonds. The first-order valence-corrected chi connectivity index (χ1v) is 7.52. The van der Waals surface area contributed by atoms with Gasteiger partial charge >= 0.3 is 0 Å². The van der Waals surface area contributed by atoms with Gasteiger partial charge in [0.1, 0.15) is 5.75 Å². The Kier molecular flexibility index (Phi) is 5.84. The molecule has 0 aliphatic carbocycles. The van der Waals surface area contributed by atoms with Gasteiger partial charge in [0, 0.05) is 30.1 Å². The zero-order valence-corrected chi connectivity index (χ0v) is 13.8. The number of hydrogen-bond donors (Lipinski definition) is 2. The summed E-state index contributed by atoms with van der Waals surface area (Å²) in [7, 11) is 4.07. The minimum Gasteiger partial charge on any atom is -0.505 e. The van der Waals surface area contributed by atoms with Gasteiger partial charge < -0.3 is 15.1 Å². The van der Waals surface area contributed by atoms with Crippen LogP contribution in [0.15, 0.2) is 35.5 Å². The van der Waals surface area contributed by atoms with Gasteiger partial charge in [0.05, 0.1) is 18.8 Å². The van der Waals surface area contributed by atoms with Crippen LogP contribution in [0.1, 0.15) is 27.9 Å². The molecule has 1 aromatic carbocycles. The van der Waals surface area contributed by atoms with E-state index in [4.69, 9.17) is 0 Å². The van der Waals surface area contributed by atoms with Crippen molar-refractivity contribution in [3.8, 4) is 5.75 Å². The van der Waals surface area contributed by atoms with Crippen LogP contribution in [0.2, 0.25) is 0 Å². The molecule has 0 radical (unpaired) electrons. The number of aromatic nitrogens is 1. The number of aliphatic imine (C=N–C) groups is 1. The van der Waals surface area contributed by atoms with E-state index in [2.05, 4.69) is 27.0 Å². The number of hydrogen-bond acceptors (Lipinski definition) is 5. The first-order valence-electron chi connectivity index (χ1n) is 7.52. The van der Waals surface area contributed by atoms with Crippen molar-refractivity contribution >= 4 is 6.21 Å². The molecule has 2 rings (SSSR count). The van der Waals surface area contributed by atoms with Crippen molar-refractivity contribution in [2.24, 2.45) is 4.99 Å². The van der Waals surface area contributed by atoms with Gasteiger partial charge in [-0.05, 0) is 32.1 Å². The molecule has 0 saturated heterocycles. The van der Waals surface area contributed by atoms with E-state index in [-0.39, 0.29) is 12.4 Å². The first kappa shape index (κ1) is 17.1.